The van der Waals surface area contributed by atoms with Crippen molar-refractivity contribution >= 4 is 22.6 Å². The number of benzene rings is 1. The highest BCUT2D eigenvalue weighted by Crippen LogP contribution is 2.19. The molecule has 0 saturated carbocycles. The Balaban J connectivity index is 1.50. The Morgan fingerprint density at radius 3 is 2.76 bits per heavy atom. The molecule has 2 heterocycles. The van der Waals surface area contributed by atoms with Crippen LogP contribution in [0.15, 0.2) is 29.3 Å². The van der Waals surface area contributed by atoms with Crippen LogP contribution in [0, 0.1) is 0 Å². The van der Waals surface area contributed by atoms with Gasteiger partial charge in [-0.25, -0.2) is 4.98 Å². The Morgan fingerprint density at radius 2 is 2.07 bits per heavy atom. The zero-order valence-electron chi connectivity index (χ0n) is 17.7. The largest absolute Gasteiger partial charge is 0.497 e. The summed E-state index contributed by atoms with van der Waals surface area (Å²) in [6.45, 7) is 9.71. The Hall–Kier alpha value is -2.35. The maximum atomic E-state index is 5.30. The predicted octanol–water partition coefficient (Wildman–Crippen LogP) is 2.83. The van der Waals surface area contributed by atoms with Gasteiger partial charge in [0.15, 0.2) is 5.96 Å². The zero-order valence-corrected chi connectivity index (χ0v) is 18.5. The minimum absolute atomic E-state index is 0.815. The van der Waals surface area contributed by atoms with Crippen molar-refractivity contribution in [2.75, 3.05) is 51.3 Å². The average Bonchev–Trinajstić information content (AvgIpc) is 3.25. The molecule has 158 valence electrons. The van der Waals surface area contributed by atoms with Crippen molar-refractivity contribution in [1.82, 2.24) is 19.6 Å². The molecule has 1 N–H and O–H groups in total. The Labute approximate surface area is 178 Å². The number of aliphatic imine (C=N–C) groups is 1. The molecule has 1 fully saturated rings. The smallest absolute Gasteiger partial charge is 0.205 e. The molecule has 0 bridgehead atoms. The van der Waals surface area contributed by atoms with Gasteiger partial charge in [-0.2, -0.15) is 4.37 Å². The second kappa shape index (κ2) is 11.0. The summed E-state index contributed by atoms with van der Waals surface area (Å²) in [5.41, 5.74) is 1.29. The van der Waals surface area contributed by atoms with E-state index in [2.05, 4.69) is 50.5 Å². The predicted molar refractivity (Wildman–Crippen MR) is 120 cm³/mol. The molecule has 1 aliphatic rings. The molecular formula is C21H32N6OS. The van der Waals surface area contributed by atoms with Gasteiger partial charge in [0.25, 0.3) is 0 Å². The molecule has 0 radical (unpaired) electrons. The number of aryl methyl sites for hydroxylation is 2. The van der Waals surface area contributed by atoms with Crippen LogP contribution in [-0.4, -0.2) is 66.6 Å². The van der Waals surface area contributed by atoms with E-state index in [0.29, 0.717) is 0 Å². The van der Waals surface area contributed by atoms with Crippen molar-refractivity contribution < 1.29 is 4.74 Å². The lowest BCUT2D eigenvalue weighted by Gasteiger charge is -2.36. The third-order valence-corrected chi connectivity index (χ3v) is 5.79. The summed E-state index contributed by atoms with van der Waals surface area (Å²) >= 11 is 1.51. The zero-order chi connectivity index (χ0) is 20.5. The van der Waals surface area contributed by atoms with Crippen molar-refractivity contribution in [3.05, 3.63) is 35.7 Å². The highest BCUT2D eigenvalue weighted by Gasteiger charge is 2.21. The highest BCUT2D eigenvalue weighted by atomic mass is 32.1. The van der Waals surface area contributed by atoms with Crippen LogP contribution >= 0.6 is 11.5 Å². The van der Waals surface area contributed by atoms with Crippen LogP contribution in [0.1, 0.15) is 31.7 Å². The third-order valence-electron chi connectivity index (χ3n) is 4.98. The van der Waals surface area contributed by atoms with Crippen LogP contribution in [0.4, 0.5) is 5.13 Å². The normalized spacial score (nSPS) is 14.9. The van der Waals surface area contributed by atoms with E-state index in [-0.39, 0.29) is 0 Å². The van der Waals surface area contributed by atoms with Gasteiger partial charge in [0.05, 0.1) is 7.11 Å². The van der Waals surface area contributed by atoms with Crippen molar-refractivity contribution in [3.63, 3.8) is 0 Å². The summed E-state index contributed by atoms with van der Waals surface area (Å²) in [6.07, 6.45) is 2.92. The molecule has 2 aromatic rings. The molecule has 8 heteroatoms. The van der Waals surface area contributed by atoms with Crippen LogP contribution in [0.3, 0.4) is 0 Å². The molecule has 29 heavy (non-hydrogen) atoms. The molecule has 0 atom stereocenters. The van der Waals surface area contributed by atoms with E-state index in [0.717, 1.165) is 81.2 Å². The lowest BCUT2D eigenvalue weighted by Crippen LogP contribution is -2.52. The number of hydrogen-bond donors (Lipinski definition) is 1. The van der Waals surface area contributed by atoms with Gasteiger partial charge in [0, 0.05) is 57.2 Å². The molecule has 0 spiro atoms. The number of ether oxygens (including phenoxy) is 1. The molecule has 0 aliphatic carbocycles. The van der Waals surface area contributed by atoms with Crippen molar-refractivity contribution in [2.45, 2.75) is 33.1 Å². The number of piperazine rings is 1. The summed E-state index contributed by atoms with van der Waals surface area (Å²) in [5.74, 6) is 2.88. The van der Waals surface area contributed by atoms with Gasteiger partial charge in [0.2, 0.25) is 5.13 Å². The molecule has 0 unspecified atom stereocenters. The topological polar surface area (TPSA) is 65.9 Å². The summed E-state index contributed by atoms with van der Waals surface area (Å²) in [6, 6.07) is 8.28. The minimum atomic E-state index is 0.815. The summed E-state index contributed by atoms with van der Waals surface area (Å²) in [7, 11) is 1.71. The molecule has 1 saturated heterocycles. The van der Waals surface area contributed by atoms with Crippen LogP contribution in [0.5, 0.6) is 5.75 Å². The van der Waals surface area contributed by atoms with Gasteiger partial charge in [0.1, 0.15) is 11.6 Å². The summed E-state index contributed by atoms with van der Waals surface area (Å²) in [4.78, 5) is 14.2. The van der Waals surface area contributed by atoms with Crippen LogP contribution in [0.25, 0.3) is 0 Å². The van der Waals surface area contributed by atoms with Gasteiger partial charge < -0.3 is 19.9 Å². The first-order valence-corrected chi connectivity index (χ1v) is 11.2. The molecule has 7 nitrogen and oxygen atoms in total. The number of methoxy groups -OCH3 is 1. The first-order chi connectivity index (χ1) is 14.2. The lowest BCUT2D eigenvalue weighted by molar-refractivity contribution is 0.372. The van der Waals surface area contributed by atoms with Crippen molar-refractivity contribution in [3.8, 4) is 5.75 Å². The second-order valence-corrected chi connectivity index (χ2v) is 7.74. The molecule has 0 amide bonds. The fourth-order valence-corrected chi connectivity index (χ4v) is 4.15. The second-order valence-electron chi connectivity index (χ2n) is 7.01. The van der Waals surface area contributed by atoms with E-state index in [1.54, 1.807) is 7.11 Å². The monoisotopic (exact) mass is 416 g/mol. The lowest BCUT2D eigenvalue weighted by atomic mass is 10.1. The van der Waals surface area contributed by atoms with Gasteiger partial charge in [-0.1, -0.05) is 19.1 Å². The van der Waals surface area contributed by atoms with E-state index in [1.807, 2.05) is 12.1 Å². The van der Waals surface area contributed by atoms with E-state index in [9.17, 15) is 0 Å². The fraction of sp³-hybridized carbons (Fsp3) is 0.571. The fourth-order valence-electron chi connectivity index (χ4n) is 3.35. The average molecular weight is 417 g/mol. The maximum Gasteiger partial charge on any atom is 0.205 e. The Morgan fingerprint density at radius 1 is 1.24 bits per heavy atom. The van der Waals surface area contributed by atoms with Crippen LogP contribution < -0.4 is 15.0 Å². The standard InChI is InChI=1S/C21H32N6OS/c1-4-19-24-21(29-25-19)27-14-12-26(13-15-27)20(22-5-2)23-11-7-9-17-8-6-10-18(16-17)28-3/h6,8,10,16H,4-5,7,9,11-15H2,1-3H3,(H,22,23). The van der Waals surface area contributed by atoms with Crippen molar-refractivity contribution in [2.24, 2.45) is 4.99 Å². The van der Waals surface area contributed by atoms with Crippen molar-refractivity contribution in [1.29, 1.82) is 0 Å². The summed E-state index contributed by atoms with van der Waals surface area (Å²) < 4.78 is 9.71. The maximum absolute atomic E-state index is 5.30. The number of anilines is 1. The van der Waals surface area contributed by atoms with Crippen LogP contribution in [-0.2, 0) is 12.8 Å². The highest BCUT2D eigenvalue weighted by molar-refractivity contribution is 7.09. The number of aromatic nitrogens is 2. The number of guanidine groups is 1. The van der Waals surface area contributed by atoms with E-state index >= 15 is 0 Å². The molecule has 1 aromatic heterocycles. The number of nitrogens with one attached hydrogen (secondary N) is 1. The van der Waals surface area contributed by atoms with Gasteiger partial charge >= 0.3 is 0 Å². The van der Waals surface area contributed by atoms with E-state index in [1.165, 1.54) is 17.1 Å². The number of nitrogens with zero attached hydrogens (tertiary/aromatic N) is 5. The van der Waals surface area contributed by atoms with E-state index < -0.39 is 0 Å². The molecule has 1 aliphatic heterocycles. The first-order valence-electron chi connectivity index (χ1n) is 10.5. The van der Waals surface area contributed by atoms with Gasteiger partial charge in [-0.3, -0.25) is 4.99 Å². The quantitative estimate of drug-likeness (QED) is 0.406. The third kappa shape index (κ3) is 6.06. The molecule has 3 rings (SSSR count). The molecular weight excluding hydrogens is 384 g/mol. The number of hydrogen-bond acceptors (Lipinski definition) is 6. The van der Waals surface area contributed by atoms with Gasteiger partial charge in [-0.15, -0.1) is 0 Å². The molecule has 1 aromatic carbocycles. The van der Waals surface area contributed by atoms with Gasteiger partial charge in [-0.05, 0) is 37.5 Å². The Kier molecular flexibility index (Phi) is 8.10. The minimum Gasteiger partial charge on any atom is -0.497 e. The SMILES string of the molecule is CCNC(=NCCCc1cccc(OC)c1)N1CCN(c2nc(CC)ns2)CC1. The first kappa shape index (κ1) is 21.4. The van der Waals surface area contributed by atoms with Crippen LogP contribution in [0.2, 0.25) is 0 Å². The number of rotatable bonds is 8. The Bertz CT molecular complexity index is 785. The summed E-state index contributed by atoms with van der Waals surface area (Å²) in [5, 5.41) is 4.49. The van der Waals surface area contributed by atoms with E-state index in [4.69, 9.17) is 9.73 Å².